The van der Waals surface area contributed by atoms with Gasteiger partial charge in [0.2, 0.25) is 5.91 Å². The van der Waals surface area contributed by atoms with E-state index >= 15 is 0 Å². The van der Waals surface area contributed by atoms with Crippen molar-refractivity contribution in [3.8, 4) is 11.1 Å². The van der Waals surface area contributed by atoms with Crippen molar-refractivity contribution in [1.29, 1.82) is 0 Å². The van der Waals surface area contributed by atoms with Crippen LogP contribution in [0.25, 0.3) is 21.3 Å². The Morgan fingerprint density at radius 2 is 1.93 bits per heavy atom. The predicted octanol–water partition coefficient (Wildman–Crippen LogP) is 3.72. The zero-order chi connectivity index (χ0) is 20.5. The molecule has 0 unspecified atom stereocenters. The van der Waals surface area contributed by atoms with Crippen LogP contribution in [0.2, 0.25) is 0 Å². The molecule has 4 rings (SSSR count). The summed E-state index contributed by atoms with van der Waals surface area (Å²) < 4.78 is 1.07. The van der Waals surface area contributed by atoms with E-state index in [1.54, 1.807) is 0 Å². The summed E-state index contributed by atoms with van der Waals surface area (Å²) in [4.78, 5) is 32.9. The summed E-state index contributed by atoms with van der Waals surface area (Å²) in [7, 11) is 0. The number of piperidine rings is 1. The maximum absolute atomic E-state index is 13.0. The third-order valence-electron chi connectivity index (χ3n) is 5.50. The molecule has 2 atom stereocenters. The predicted molar refractivity (Wildman–Crippen MR) is 120 cm³/mol. The minimum atomic E-state index is -0.287. The SMILES string of the molecule is C[C@H]1CCC[C@H](C)N1C(=O)CSc1nc2scc(-c3ccccc3)c2c(=O)n1N. The van der Waals surface area contributed by atoms with Crippen LogP contribution in [-0.4, -0.2) is 38.3 Å². The molecule has 152 valence electrons. The van der Waals surface area contributed by atoms with Gasteiger partial charge in [-0.25, -0.2) is 9.66 Å². The van der Waals surface area contributed by atoms with Gasteiger partial charge in [0.15, 0.2) is 5.16 Å². The molecule has 3 heterocycles. The first-order chi connectivity index (χ1) is 14.0. The highest BCUT2D eigenvalue weighted by Crippen LogP contribution is 2.32. The highest BCUT2D eigenvalue weighted by Gasteiger charge is 2.29. The van der Waals surface area contributed by atoms with Crippen LogP contribution in [0.1, 0.15) is 33.1 Å². The number of carbonyl (C=O) groups excluding carboxylic acids is 1. The molecule has 2 aromatic heterocycles. The third-order valence-corrected chi connectivity index (χ3v) is 7.31. The van der Waals surface area contributed by atoms with Crippen LogP contribution in [0, 0.1) is 0 Å². The van der Waals surface area contributed by atoms with Crippen molar-refractivity contribution in [3.63, 3.8) is 0 Å². The lowest BCUT2D eigenvalue weighted by molar-refractivity contribution is -0.134. The summed E-state index contributed by atoms with van der Waals surface area (Å²) >= 11 is 2.65. The summed E-state index contributed by atoms with van der Waals surface area (Å²) in [5.41, 5.74) is 1.51. The standard InChI is InChI=1S/C21H24N4O2S2/c1-13-7-6-8-14(2)24(13)17(26)12-29-21-23-19-18(20(27)25(21)22)16(11-28-19)15-9-4-3-5-10-15/h3-5,9-11,13-14H,6-8,12,22H2,1-2H3/t13-,14-/m0/s1. The first-order valence-corrected chi connectivity index (χ1v) is 11.6. The Hall–Kier alpha value is -2.32. The Morgan fingerprint density at radius 1 is 1.24 bits per heavy atom. The van der Waals surface area contributed by atoms with Crippen LogP contribution in [0.3, 0.4) is 0 Å². The molecule has 1 aromatic carbocycles. The first-order valence-electron chi connectivity index (χ1n) is 9.76. The Bertz CT molecular complexity index is 1080. The fourth-order valence-electron chi connectivity index (χ4n) is 4.03. The number of thioether (sulfide) groups is 1. The van der Waals surface area contributed by atoms with Crippen LogP contribution in [0.15, 0.2) is 45.7 Å². The smallest absolute Gasteiger partial charge is 0.282 e. The van der Waals surface area contributed by atoms with Crippen molar-refractivity contribution in [2.75, 3.05) is 11.6 Å². The number of thiophene rings is 1. The van der Waals surface area contributed by atoms with E-state index < -0.39 is 0 Å². The quantitative estimate of drug-likeness (QED) is 0.389. The fraction of sp³-hybridized carbons (Fsp3) is 0.381. The summed E-state index contributed by atoms with van der Waals surface area (Å²) in [6, 6.07) is 10.2. The molecule has 0 spiro atoms. The minimum absolute atomic E-state index is 0.0696. The van der Waals surface area contributed by atoms with Gasteiger partial charge in [-0.05, 0) is 38.7 Å². The molecule has 1 amide bonds. The van der Waals surface area contributed by atoms with Gasteiger partial charge in [0.05, 0.1) is 11.1 Å². The molecule has 0 radical (unpaired) electrons. The summed E-state index contributed by atoms with van der Waals surface area (Å²) in [5, 5.41) is 2.83. The van der Waals surface area contributed by atoms with Crippen LogP contribution >= 0.6 is 23.1 Å². The molecular formula is C21H24N4O2S2. The first kappa shape index (κ1) is 20.0. The van der Waals surface area contributed by atoms with Crippen LogP contribution < -0.4 is 11.4 Å². The zero-order valence-electron chi connectivity index (χ0n) is 16.5. The van der Waals surface area contributed by atoms with E-state index in [9.17, 15) is 9.59 Å². The number of aromatic nitrogens is 2. The molecule has 1 aliphatic rings. The molecule has 0 bridgehead atoms. The van der Waals surface area contributed by atoms with Gasteiger partial charge in [-0.2, -0.15) is 0 Å². The lowest BCUT2D eigenvalue weighted by Crippen LogP contribution is -2.48. The Balaban J connectivity index is 1.60. The van der Waals surface area contributed by atoms with Gasteiger partial charge >= 0.3 is 0 Å². The summed E-state index contributed by atoms with van der Waals surface area (Å²) in [6.07, 6.45) is 3.22. The third kappa shape index (κ3) is 3.79. The number of hydrogen-bond donors (Lipinski definition) is 1. The zero-order valence-corrected chi connectivity index (χ0v) is 18.1. The Labute approximate surface area is 177 Å². The second-order valence-electron chi connectivity index (χ2n) is 7.48. The van der Waals surface area contributed by atoms with E-state index in [2.05, 4.69) is 18.8 Å². The molecule has 29 heavy (non-hydrogen) atoms. The number of carbonyl (C=O) groups is 1. The lowest BCUT2D eigenvalue weighted by atomic mass is 9.98. The number of fused-ring (bicyclic) bond motifs is 1. The van der Waals surface area contributed by atoms with E-state index in [1.807, 2.05) is 40.6 Å². The number of benzene rings is 1. The van der Waals surface area contributed by atoms with Gasteiger partial charge in [0.1, 0.15) is 4.83 Å². The monoisotopic (exact) mass is 428 g/mol. The Kier molecular flexibility index (Phi) is 5.65. The number of nitrogens with two attached hydrogens (primary N) is 1. The molecule has 8 heteroatoms. The van der Waals surface area contributed by atoms with Crippen molar-refractivity contribution >= 4 is 39.2 Å². The van der Waals surface area contributed by atoms with Gasteiger partial charge in [0.25, 0.3) is 5.56 Å². The minimum Gasteiger partial charge on any atom is -0.337 e. The van der Waals surface area contributed by atoms with E-state index in [-0.39, 0.29) is 29.3 Å². The largest absolute Gasteiger partial charge is 0.337 e. The number of rotatable bonds is 4. The van der Waals surface area contributed by atoms with E-state index in [0.717, 1.165) is 35.1 Å². The highest BCUT2D eigenvalue weighted by molar-refractivity contribution is 7.99. The molecule has 0 saturated carbocycles. The second kappa shape index (κ2) is 8.20. The molecular weight excluding hydrogens is 404 g/mol. The molecule has 1 saturated heterocycles. The van der Waals surface area contributed by atoms with Gasteiger partial charge in [-0.15, -0.1) is 11.3 Å². The lowest BCUT2D eigenvalue weighted by Gasteiger charge is -2.39. The number of amides is 1. The van der Waals surface area contributed by atoms with Crippen molar-refractivity contribution in [2.45, 2.75) is 50.4 Å². The summed E-state index contributed by atoms with van der Waals surface area (Å²) in [5.74, 6) is 6.37. The van der Waals surface area contributed by atoms with Gasteiger partial charge in [0, 0.05) is 23.0 Å². The molecule has 3 aromatic rings. The molecule has 2 N–H and O–H groups in total. The van der Waals surface area contributed by atoms with E-state index in [4.69, 9.17) is 5.84 Å². The average molecular weight is 429 g/mol. The maximum Gasteiger partial charge on any atom is 0.282 e. The van der Waals surface area contributed by atoms with E-state index in [0.29, 0.717) is 15.4 Å². The molecule has 1 aliphatic heterocycles. The number of nitrogens with zero attached hydrogens (tertiary/aromatic N) is 3. The van der Waals surface area contributed by atoms with Crippen LogP contribution in [-0.2, 0) is 4.79 Å². The van der Waals surface area contributed by atoms with E-state index in [1.165, 1.54) is 23.1 Å². The van der Waals surface area contributed by atoms with Gasteiger partial charge in [-0.1, -0.05) is 42.1 Å². The number of nitrogen functional groups attached to an aromatic ring is 1. The summed E-state index contributed by atoms with van der Waals surface area (Å²) in [6.45, 7) is 4.19. The van der Waals surface area contributed by atoms with Crippen molar-refractivity contribution < 1.29 is 4.79 Å². The topological polar surface area (TPSA) is 81.2 Å². The number of hydrogen-bond acceptors (Lipinski definition) is 6. The van der Waals surface area contributed by atoms with Gasteiger partial charge in [-0.3, -0.25) is 9.59 Å². The van der Waals surface area contributed by atoms with Crippen molar-refractivity contribution in [2.24, 2.45) is 0 Å². The molecule has 1 fully saturated rings. The highest BCUT2D eigenvalue weighted by atomic mass is 32.2. The van der Waals surface area contributed by atoms with Crippen LogP contribution in [0.4, 0.5) is 0 Å². The Morgan fingerprint density at radius 3 is 2.62 bits per heavy atom. The van der Waals surface area contributed by atoms with Crippen molar-refractivity contribution in [1.82, 2.24) is 14.6 Å². The number of likely N-dealkylation sites (tertiary alicyclic amines) is 1. The second-order valence-corrected chi connectivity index (χ2v) is 9.28. The fourth-order valence-corrected chi connectivity index (χ4v) is 5.81. The van der Waals surface area contributed by atoms with Crippen LogP contribution in [0.5, 0.6) is 0 Å². The van der Waals surface area contributed by atoms with Gasteiger partial charge < -0.3 is 10.7 Å². The average Bonchev–Trinajstić information content (AvgIpc) is 3.14. The normalized spacial score (nSPS) is 19.6. The molecule has 0 aliphatic carbocycles. The molecule has 6 nitrogen and oxygen atoms in total. The van der Waals surface area contributed by atoms with Crippen molar-refractivity contribution in [3.05, 3.63) is 46.1 Å². The maximum atomic E-state index is 13.0.